The van der Waals surface area contributed by atoms with Crippen LogP contribution in [0, 0.1) is 0 Å². The summed E-state index contributed by atoms with van der Waals surface area (Å²) in [4.78, 5) is 12.7. The van der Waals surface area contributed by atoms with Crippen LogP contribution in [0.25, 0.3) is 0 Å². The summed E-state index contributed by atoms with van der Waals surface area (Å²) in [6.07, 6.45) is 1.19. The largest absolute Gasteiger partial charge is 0.480 e. The molecular formula is C11H19NO6S2. The maximum Gasteiger partial charge on any atom is 0.317 e. The molecule has 2 aliphatic rings. The fourth-order valence-corrected chi connectivity index (χ4v) is 6.17. The number of hydrogen-bond acceptors (Lipinski definition) is 6. The van der Waals surface area contributed by atoms with Crippen molar-refractivity contribution in [2.24, 2.45) is 0 Å². The van der Waals surface area contributed by atoms with Gasteiger partial charge in [-0.2, -0.15) is 0 Å². The van der Waals surface area contributed by atoms with E-state index >= 15 is 0 Å². The summed E-state index contributed by atoms with van der Waals surface area (Å²) < 4.78 is 46.0. The van der Waals surface area contributed by atoms with Gasteiger partial charge < -0.3 is 5.11 Å². The highest BCUT2D eigenvalue weighted by Gasteiger charge is 2.38. The highest BCUT2D eigenvalue weighted by Crippen LogP contribution is 2.25. The molecule has 7 nitrogen and oxygen atoms in total. The first-order valence-electron chi connectivity index (χ1n) is 6.57. The number of sulfone groups is 2. The Balaban J connectivity index is 2.10. The molecule has 0 bridgehead atoms. The molecule has 116 valence electrons. The lowest BCUT2D eigenvalue weighted by Gasteiger charge is -2.36. The summed E-state index contributed by atoms with van der Waals surface area (Å²) in [7, 11) is -6.11. The normalized spacial score (nSPS) is 29.6. The first-order chi connectivity index (χ1) is 9.19. The zero-order valence-electron chi connectivity index (χ0n) is 11.1. The molecule has 0 aromatic rings. The van der Waals surface area contributed by atoms with Crippen molar-refractivity contribution in [1.29, 1.82) is 0 Å². The average molecular weight is 325 g/mol. The Morgan fingerprint density at radius 2 is 1.45 bits per heavy atom. The Hall–Kier alpha value is -0.670. The van der Waals surface area contributed by atoms with E-state index in [0.29, 0.717) is 19.3 Å². The molecule has 0 saturated carbocycles. The molecule has 0 spiro atoms. The second-order valence-corrected chi connectivity index (χ2v) is 10.0. The smallest absolute Gasteiger partial charge is 0.317 e. The Morgan fingerprint density at radius 3 is 1.90 bits per heavy atom. The van der Waals surface area contributed by atoms with E-state index in [0.717, 1.165) is 0 Å². The number of carboxylic acid groups (broad SMARTS) is 1. The quantitative estimate of drug-likeness (QED) is 0.716. The Kier molecular flexibility index (Phi) is 4.41. The zero-order valence-corrected chi connectivity index (χ0v) is 12.7. The van der Waals surface area contributed by atoms with Gasteiger partial charge in [0, 0.05) is 12.1 Å². The lowest BCUT2D eigenvalue weighted by atomic mass is 10.1. The Morgan fingerprint density at radius 1 is 0.950 bits per heavy atom. The minimum absolute atomic E-state index is 0.0243. The maximum atomic E-state index is 11.5. The first-order valence-corrected chi connectivity index (χ1v) is 10.2. The number of aliphatic carboxylic acids is 1. The third-order valence-electron chi connectivity index (χ3n) is 3.99. The maximum absolute atomic E-state index is 11.5. The van der Waals surface area contributed by atoms with Gasteiger partial charge in [0.25, 0.3) is 0 Å². The first kappa shape index (κ1) is 15.7. The van der Waals surface area contributed by atoms with Gasteiger partial charge in [0.1, 0.15) is 9.84 Å². The van der Waals surface area contributed by atoms with E-state index in [2.05, 4.69) is 0 Å². The summed E-state index contributed by atoms with van der Waals surface area (Å²) in [6.45, 7) is -0.231. The van der Waals surface area contributed by atoms with Gasteiger partial charge in [-0.15, -0.1) is 0 Å². The molecule has 2 fully saturated rings. The molecule has 20 heavy (non-hydrogen) atoms. The minimum atomic E-state index is -3.09. The summed E-state index contributed by atoms with van der Waals surface area (Å²) in [5, 5.41) is 9.00. The molecule has 1 atom stereocenters. The summed E-state index contributed by atoms with van der Waals surface area (Å²) in [6, 6.07) is -0.463. The van der Waals surface area contributed by atoms with Gasteiger partial charge >= 0.3 is 5.97 Å². The van der Waals surface area contributed by atoms with Crippen molar-refractivity contribution in [3.63, 3.8) is 0 Å². The molecule has 1 unspecified atom stereocenters. The van der Waals surface area contributed by atoms with Crippen LogP contribution in [0.2, 0.25) is 0 Å². The lowest BCUT2D eigenvalue weighted by molar-refractivity contribution is -0.139. The number of carboxylic acids is 1. The van der Waals surface area contributed by atoms with Crippen LogP contribution in [0.5, 0.6) is 0 Å². The van der Waals surface area contributed by atoms with Crippen molar-refractivity contribution in [3.8, 4) is 0 Å². The third-order valence-corrected chi connectivity index (χ3v) is 7.45. The van der Waals surface area contributed by atoms with Crippen LogP contribution in [0.1, 0.15) is 19.3 Å². The van der Waals surface area contributed by atoms with E-state index in [4.69, 9.17) is 5.11 Å². The van der Waals surface area contributed by atoms with Gasteiger partial charge in [-0.25, -0.2) is 16.8 Å². The summed E-state index contributed by atoms with van der Waals surface area (Å²) in [5.41, 5.74) is 0. The molecule has 0 radical (unpaired) electrons. The molecule has 1 N–H and O–H groups in total. The molecule has 9 heteroatoms. The van der Waals surface area contributed by atoms with E-state index < -0.39 is 25.6 Å². The number of hydrogen-bond donors (Lipinski definition) is 1. The lowest BCUT2D eigenvalue weighted by Crippen LogP contribution is -2.49. The van der Waals surface area contributed by atoms with Crippen LogP contribution in [-0.2, 0) is 24.5 Å². The predicted molar refractivity (Wildman–Crippen MR) is 73.1 cm³/mol. The van der Waals surface area contributed by atoms with Crippen LogP contribution in [0.3, 0.4) is 0 Å². The second kappa shape index (κ2) is 5.61. The summed E-state index contributed by atoms with van der Waals surface area (Å²) >= 11 is 0. The van der Waals surface area contributed by atoms with Crippen molar-refractivity contribution < 1.29 is 26.7 Å². The monoisotopic (exact) mass is 325 g/mol. The fraction of sp³-hybridized carbons (Fsp3) is 0.909. The molecule has 0 aliphatic carbocycles. The van der Waals surface area contributed by atoms with Crippen LogP contribution in [0.15, 0.2) is 0 Å². The van der Waals surface area contributed by atoms with Gasteiger partial charge in [0.15, 0.2) is 9.84 Å². The molecule has 0 aromatic carbocycles. The highest BCUT2D eigenvalue weighted by molar-refractivity contribution is 7.91. The van der Waals surface area contributed by atoms with Gasteiger partial charge in [0.05, 0.1) is 29.6 Å². The molecule has 2 rings (SSSR count). The van der Waals surface area contributed by atoms with E-state index in [1.807, 2.05) is 0 Å². The molecular weight excluding hydrogens is 306 g/mol. The van der Waals surface area contributed by atoms with E-state index in [1.54, 1.807) is 4.90 Å². The predicted octanol–water partition coefficient (Wildman–Crippen LogP) is -0.863. The van der Waals surface area contributed by atoms with Crippen LogP contribution < -0.4 is 0 Å². The topological polar surface area (TPSA) is 109 Å². The molecule has 2 saturated heterocycles. The van der Waals surface area contributed by atoms with Gasteiger partial charge in [-0.05, 0) is 19.3 Å². The van der Waals surface area contributed by atoms with Gasteiger partial charge in [0.2, 0.25) is 0 Å². The van der Waals surface area contributed by atoms with Crippen molar-refractivity contribution in [2.45, 2.75) is 31.3 Å². The van der Waals surface area contributed by atoms with Crippen molar-refractivity contribution in [3.05, 3.63) is 0 Å². The van der Waals surface area contributed by atoms with E-state index in [9.17, 15) is 21.6 Å². The third kappa shape index (κ3) is 3.92. The van der Waals surface area contributed by atoms with E-state index in [-0.39, 0.29) is 41.6 Å². The molecule has 0 amide bonds. The van der Waals surface area contributed by atoms with Gasteiger partial charge in [-0.1, -0.05) is 0 Å². The number of rotatable bonds is 4. The van der Waals surface area contributed by atoms with Crippen molar-refractivity contribution in [2.75, 3.05) is 29.6 Å². The van der Waals surface area contributed by atoms with Crippen LogP contribution in [-0.4, -0.2) is 74.5 Å². The Bertz CT molecular complexity index is 568. The average Bonchev–Trinajstić information content (AvgIpc) is 2.67. The van der Waals surface area contributed by atoms with Crippen LogP contribution in [0.4, 0.5) is 0 Å². The SMILES string of the molecule is O=C(O)CN(C1CCS(=O)(=O)CC1)C1CCS(=O)(=O)C1. The fourth-order valence-electron chi connectivity index (χ4n) is 2.96. The summed E-state index contributed by atoms with van der Waals surface area (Å²) in [5.74, 6) is -0.856. The standard InChI is InChI=1S/C11H19NO6S2/c13-11(14)7-12(10-3-6-20(17,18)8-10)9-1-4-19(15,16)5-2-9/h9-10H,1-8H2,(H,13,14). The van der Waals surface area contributed by atoms with Crippen molar-refractivity contribution in [1.82, 2.24) is 4.90 Å². The Labute approximate surface area is 118 Å². The molecule has 2 heterocycles. The molecule has 0 aromatic heterocycles. The van der Waals surface area contributed by atoms with E-state index in [1.165, 1.54) is 0 Å². The molecule has 2 aliphatic heterocycles. The minimum Gasteiger partial charge on any atom is -0.480 e. The number of nitrogens with zero attached hydrogens (tertiary/aromatic N) is 1. The van der Waals surface area contributed by atoms with Crippen molar-refractivity contribution >= 4 is 25.6 Å². The second-order valence-electron chi connectivity index (χ2n) is 5.51. The highest BCUT2D eigenvalue weighted by atomic mass is 32.2. The van der Waals surface area contributed by atoms with Crippen LogP contribution >= 0.6 is 0 Å². The number of carbonyl (C=O) groups is 1. The zero-order chi connectivity index (χ0) is 15.0. The van der Waals surface area contributed by atoms with Gasteiger partial charge in [-0.3, -0.25) is 9.69 Å².